The van der Waals surface area contributed by atoms with Gasteiger partial charge in [0.1, 0.15) is 23.9 Å². The van der Waals surface area contributed by atoms with E-state index in [9.17, 15) is 14.4 Å². The number of oxime groups is 1. The van der Waals surface area contributed by atoms with Crippen molar-refractivity contribution in [3.63, 3.8) is 0 Å². The van der Waals surface area contributed by atoms with E-state index in [1.807, 2.05) is 0 Å². The first-order valence-electron chi connectivity index (χ1n) is 7.87. The maximum Gasteiger partial charge on any atom is 0.414 e. The molecule has 0 aliphatic heterocycles. The monoisotopic (exact) mass is 376 g/mol. The van der Waals surface area contributed by atoms with Crippen molar-refractivity contribution in [2.24, 2.45) is 10.9 Å². The second-order valence-electron chi connectivity index (χ2n) is 7.26. The molecule has 0 aliphatic rings. The fraction of sp³-hybridized carbons (Fsp3) is 0.733. The number of alkyl carbamates (subject to hydrolysis) is 2. The maximum absolute atomic E-state index is 11.6. The van der Waals surface area contributed by atoms with E-state index in [0.717, 1.165) is 0 Å². The number of carbonyl (C=O) groups is 3. The topological polar surface area (TPSA) is 162 Å². The molecule has 0 bridgehead atoms. The van der Waals surface area contributed by atoms with Crippen LogP contribution in [0.4, 0.5) is 9.59 Å². The van der Waals surface area contributed by atoms with Gasteiger partial charge in [-0.05, 0) is 46.7 Å². The normalized spacial score (nSPS) is 13.4. The van der Waals surface area contributed by atoms with Gasteiger partial charge in [-0.15, -0.1) is 0 Å². The Bertz CT molecular complexity index is 535. The standard InChI is InChI=1S/C15H28N4O7/c1-14(2,3)25-12(22)17-9(10(20)21)7-8-24-19-11(16)18-13(23)26-15(4,5)6/h9H,7-8H2,1-6H3,(H,17,22)(H,20,21)(H3,16,18,19,23)/t9-/m0/s1. The van der Waals surface area contributed by atoms with Crippen LogP contribution in [0.5, 0.6) is 0 Å². The van der Waals surface area contributed by atoms with Gasteiger partial charge in [0.25, 0.3) is 0 Å². The Labute approximate surface area is 152 Å². The molecule has 0 fully saturated rings. The zero-order valence-corrected chi connectivity index (χ0v) is 15.9. The number of aliphatic carboxylic acids is 1. The highest BCUT2D eigenvalue weighted by Gasteiger charge is 2.24. The van der Waals surface area contributed by atoms with E-state index < -0.39 is 35.4 Å². The van der Waals surface area contributed by atoms with Crippen LogP contribution in [0.15, 0.2) is 5.16 Å². The lowest BCUT2D eigenvalue weighted by molar-refractivity contribution is -0.140. The molecule has 0 saturated heterocycles. The molecule has 26 heavy (non-hydrogen) atoms. The van der Waals surface area contributed by atoms with Crippen LogP contribution in [0.2, 0.25) is 0 Å². The summed E-state index contributed by atoms with van der Waals surface area (Å²) in [5.41, 5.74) is 3.97. The minimum Gasteiger partial charge on any atom is -0.480 e. The number of carboxylic acid groups (broad SMARTS) is 1. The summed E-state index contributed by atoms with van der Waals surface area (Å²) in [6.07, 6.45) is -1.77. The molecule has 0 rings (SSSR count). The highest BCUT2D eigenvalue weighted by atomic mass is 16.6. The number of guanidine groups is 1. The molecule has 0 radical (unpaired) electrons. The summed E-state index contributed by atoms with van der Waals surface area (Å²) >= 11 is 0. The molecular weight excluding hydrogens is 348 g/mol. The summed E-state index contributed by atoms with van der Waals surface area (Å²) in [5, 5.41) is 16.9. The molecule has 1 atom stereocenters. The van der Waals surface area contributed by atoms with Gasteiger partial charge < -0.3 is 30.5 Å². The van der Waals surface area contributed by atoms with Crippen molar-refractivity contribution < 1.29 is 33.8 Å². The summed E-state index contributed by atoms with van der Waals surface area (Å²) in [7, 11) is 0. The fourth-order valence-electron chi connectivity index (χ4n) is 1.42. The predicted molar refractivity (Wildman–Crippen MR) is 92.4 cm³/mol. The smallest absolute Gasteiger partial charge is 0.414 e. The number of hydrogen-bond acceptors (Lipinski definition) is 7. The van der Waals surface area contributed by atoms with E-state index in [2.05, 4.69) is 15.8 Å². The third-order valence-electron chi connectivity index (χ3n) is 2.28. The number of nitrogens with zero attached hydrogens (tertiary/aromatic N) is 1. The lowest BCUT2D eigenvalue weighted by Crippen LogP contribution is -2.44. The van der Waals surface area contributed by atoms with Crippen LogP contribution in [0.3, 0.4) is 0 Å². The Kier molecular flexibility index (Phi) is 8.67. The molecular formula is C15H28N4O7. The average molecular weight is 376 g/mol. The lowest BCUT2D eigenvalue weighted by Gasteiger charge is -2.21. The van der Waals surface area contributed by atoms with Crippen LogP contribution >= 0.6 is 0 Å². The van der Waals surface area contributed by atoms with Gasteiger partial charge in [0.2, 0.25) is 5.96 Å². The van der Waals surface area contributed by atoms with Crippen LogP contribution in [-0.4, -0.2) is 53.1 Å². The highest BCUT2D eigenvalue weighted by Crippen LogP contribution is 2.07. The van der Waals surface area contributed by atoms with Crippen molar-refractivity contribution in [2.45, 2.75) is 65.2 Å². The van der Waals surface area contributed by atoms with Gasteiger partial charge in [0.15, 0.2) is 0 Å². The number of nitrogens with two attached hydrogens (primary N) is 1. The SMILES string of the molecule is CC(C)(C)OC(=O)NC(N)=NOCC[C@H](NC(=O)OC(C)(C)C)C(=O)O. The second-order valence-corrected chi connectivity index (χ2v) is 7.26. The molecule has 0 aromatic carbocycles. The number of nitrogens with one attached hydrogen (secondary N) is 2. The fourth-order valence-corrected chi connectivity index (χ4v) is 1.42. The summed E-state index contributed by atoms with van der Waals surface area (Å²) < 4.78 is 9.95. The Hall–Kier alpha value is -2.72. The lowest BCUT2D eigenvalue weighted by atomic mass is 10.2. The number of ether oxygens (including phenoxy) is 2. The molecule has 150 valence electrons. The Morgan fingerprint density at radius 3 is 2.00 bits per heavy atom. The molecule has 0 aliphatic carbocycles. The van der Waals surface area contributed by atoms with Crippen molar-refractivity contribution in [3.8, 4) is 0 Å². The maximum atomic E-state index is 11.6. The minimum atomic E-state index is -1.26. The first-order chi connectivity index (χ1) is 11.7. The molecule has 2 amide bonds. The summed E-state index contributed by atoms with van der Waals surface area (Å²) in [5.74, 6) is -1.62. The Morgan fingerprint density at radius 1 is 1.04 bits per heavy atom. The molecule has 11 nitrogen and oxygen atoms in total. The molecule has 0 heterocycles. The first kappa shape index (κ1) is 23.3. The summed E-state index contributed by atoms with van der Waals surface area (Å²) in [4.78, 5) is 39.0. The number of carbonyl (C=O) groups excluding carboxylic acids is 2. The molecule has 0 unspecified atom stereocenters. The van der Waals surface area contributed by atoms with Crippen molar-refractivity contribution in [1.29, 1.82) is 0 Å². The summed E-state index contributed by atoms with van der Waals surface area (Å²) in [6.45, 7) is 9.83. The van der Waals surface area contributed by atoms with Crippen LogP contribution in [0.25, 0.3) is 0 Å². The first-order valence-corrected chi connectivity index (χ1v) is 7.87. The van der Waals surface area contributed by atoms with Gasteiger partial charge >= 0.3 is 18.2 Å². The number of rotatable bonds is 6. The zero-order valence-electron chi connectivity index (χ0n) is 15.9. The molecule has 0 aromatic heterocycles. The number of amides is 2. The van der Waals surface area contributed by atoms with Crippen LogP contribution in [0, 0.1) is 0 Å². The third-order valence-corrected chi connectivity index (χ3v) is 2.28. The van der Waals surface area contributed by atoms with E-state index in [1.54, 1.807) is 41.5 Å². The Morgan fingerprint density at radius 2 is 1.54 bits per heavy atom. The van der Waals surface area contributed by atoms with Gasteiger partial charge in [-0.2, -0.15) is 0 Å². The second kappa shape index (κ2) is 9.68. The number of carboxylic acids is 1. The molecule has 11 heteroatoms. The van der Waals surface area contributed by atoms with Crippen molar-refractivity contribution >= 4 is 24.1 Å². The molecule has 0 spiro atoms. The minimum absolute atomic E-state index is 0.0994. The van der Waals surface area contributed by atoms with Gasteiger partial charge in [-0.25, -0.2) is 14.4 Å². The van der Waals surface area contributed by atoms with Crippen molar-refractivity contribution in [2.75, 3.05) is 6.61 Å². The largest absolute Gasteiger partial charge is 0.480 e. The van der Waals surface area contributed by atoms with Gasteiger partial charge in [-0.3, -0.25) is 5.32 Å². The van der Waals surface area contributed by atoms with E-state index in [-0.39, 0.29) is 19.0 Å². The number of hydrogen-bond donors (Lipinski definition) is 4. The van der Waals surface area contributed by atoms with E-state index >= 15 is 0 Å². The van der Waals surface area contributed by atoms with Crippen LogP contribution in [-0.2, 0) is 19.1 Å². The van der Waals surface area contributed by atoms with E-state index in [0.29, 0.717) is 0 Å². The summed E-state index contributed by atoms with van der Waals surface area (Å²) in [6, 6.07) is -1.24. The van der Waals surface area contributed by atoms with Crippen LogP contribution in [0.1, 0.15) is 48.0 Å². The molecule has 5 N–H and O–H groups in total. The highest BCUT2D eigenvalue weighted by molar-refractivity contribution is 5.92. The zero-order chi connectivity index (χ0) is 20.5. The van der Waals surface area contributed by atoms with Gasteiger partial charge in [-0.1, -0.05) is 0 Å². The Balaban J connectivity index is 4.37. The van der Waals surface area contributed by atoms with Gasteiger partial charge in [0, 0.05) is 6.42 Å². The molecule has 0 saturated carbocycles. The van der Waals surface area contributed by atoms with Crippen molar-refractivity contribution in [3.05, 3.63) is 0 Å². The predicted octanol–water partition coefficient (Wildman–Crippen LogP) is 1.13. The van der Waals surface area contributed by atoms with Gasteiger partial charge in [0.05, 0.1) is 0 Å². The van der Waals surface area contributed by atoms with Crippen LogP contribution < -0.4 is 16.4 Å². The average Bonchev–Trinajstić information content (AvgIpc) is 2.37. The third kappa shape index (κ3) is 12.7. The van der Waals surface area contributed by atoms with Crippen molar-refractivity contribution in [1.82, 2.24) is 10.6 Å². The van der Waals surface area contributed by atoms with E-state index in [4.69, 9.17) is 25.2 Å². The molecule has 0 aromatic rings. The quantitative estimate of drug-likeness (QED) is 0.232. The van der Waals surface area contributed by atoms with E-state index in [1.165, 1.54) is 0 Å².